The molecule has 1 N–H and O–H groups in total. The molecule has 0 unspecified atom stereocenters. The second-order valence-corrected chi connectivity index (χ2v) is 5.71. The Labute approximate surface area is 143 Å². The Morgan fingerprint density at radius 3 is 2.84 bits per heavy atom. The molecule has 130 valence electrons. The van der Waals surface area contributed by atoms with E-state index in [0.717, 1.165) is 4.57 Å². The highest BCUT2D eigenvalue weighted by Crippen LogP contribution is 2.26. The van der Waals surface area contributed by atoms with E-state index in [1.807, 2.05) is 0 Å². The minimum Gasteiger partial charge on any atom is -0.433 e. The molecule has 0 aliphatic rings. The number of thiophene rings is 1. The predicted octanol–water partition coefficient (Wildman–Crippen LogP) is 2.80. The van der Waals surface area contributed by atoms with Crippen molar-refractivity contribution in [2.24, 2.45) is 0 Å². The number of amides is 1. The Morgan fingerprint density at radius 1 is 1.32 bits per heavy atom. The molecule has 3 aromatic rings. The van der Waals surface area contributed by atoms with Gasteiger partial charge in [-0.05, 0) is 23.6 Å². The zero-order chi connectivity index (χ0) is 17.8. The maximum Gasteiger partial charge on any atom is 0.442 e. The molecule has 0 bridgehead atoms. The predicted molar refractivity (Wildman–Crippen MR) is 85.8 cm³/mol. The first-order chi connectivity index (χ1) is 12.0. The van der Waals surface area contributed by atoms with Crippen LogP contribution < -0.4 is 15.8 Å². The van der Waals surface area contributed by atoms with Gasteiger partial charge in [-0.1, -0.05) is 23.4 Å². The molecular weight excluding hydrogens is 356 g/mol. The Hall–Kier alpha value is -3.01. The average Bonchev–Trinajstić information content (AvgIpc) is 3.20. The van der Waals surface area contributed by atoms with E-state index in [9.17, 15) is 18.4 Å². The molecule has 1 aromatic carbocycles. The number of carbonyl (C=O) groups is 1. The van der Waals surface area contributed by atoms with Crippen LogP contribution in [0.5, 0.6) is 5.75 Å². The van der Waals surface area contributed by atoms with Gasteiger partial charge < -0.3 is 10.1 Å². The van der Waals surface area contributed by atoms with Crippen molar-refractivity contribution in [3.8, 4) is 16.5 Å². The van der Waals surface area contributed by atoms with E-state index in [0.29, 0.717) is 4.88 Å². The fraction of sp³-hybridized carbons (Fsp3) is 0.133. The van der Waals surface area contributed by atoms with Crippen molar-refractivity contribution < 1.29 is 22.8 Å². The summed E-state index contributed by atoms with van der Waals surface area (Å²) in [6.07, 6.45) is 0. The van der Waals surface area contributed by atoms with E-state index in [1.165, 1.54) is 29.5 Å². The molecule has 7 nitrogen and oxygen atoms in total. The van der Waals surface area contributed by atoms with E-state index in [-0.39, 0.29) is 17.3 Å². The number of rotatable bonds is 6. The van der Waals surface area contributed by atoms with Crippen molar-refractivity contribution in [2.45, 2.75) is 13.2 Å². The molecule has 10 heteroatoms. The molecule has 0 spiro atoms. The van der Waals surface area contributed by atoms with Crippen molar-refractivity contribution >= 4 is 22.9 Å². The summed E-state index contributed by atoms with van der Waals surface area (Å²) in [5.74, 6) is -1.38. The Kier molecular flexibility index (Phi) is 4.89. The van der Waals surface area contributed by atoms with Crippen LogP contribution in [0.25, 0.3) is 10.7 Å². The topological polar surface area (TPSA) is 86.4 Å². The minimum absolute atomic E-state index is 0.0648. The van der Waals surface area contributed by atoms with Crippen LogP contribution in [0.4, 0.5) is 14.5 Å². The Bertz CT molecular complexity index is 921. The number of nitrogens with one attached hydrogen (secondary N) is 1. The second-order valence-electron chi connectivity index (χ2n) is 4.76. The molecular formula is C15H11F2N3O4S. The minimum atomic E-state index is -3.02. The molecule has 0 aliphatic carbocycles. The van der Waals surface area contributed by atoms with Gasteiger partial charge in [-0.15, -0.1) is 11.3 Å². The molecule has 0 atom stereocenters. The maximum absolute atomic E-state index is 12.4. The zero-order valence-corrected chi connectivity index (χ0v) is 13.3. The number of nitrogens with zero attached hydrogens (tertiary/aromatic N) is 2. The summed E-state index contributed by atoms with van der Waals surface area (Å²) in [6, 6.07) is 9.24. The largest absolute Gasteiger partial charge is 0.442 e. The summed E-state index contributed by atoms with van der Waals surface area (Å²) in [4.78, 5) is 24.6. The van der Waals surface area contributed by atoms with Gasteiger partial charge in [0.1, 0.15) is 12.3 Å². The number of hydrogen-bond donors (Lipinski definition) is 1. The van der Waals surface area contributed by atoms with Crippen LogP contribution in [0.1, 0.15) is 0 Å². The van der Waals surface area contributed by atoms with Gasteiger partial charge in [0.2, 0.25) is 5.91 Å². The first-order valence-corrected chi connectivity index (χ1v) is 7.86. The molecule has 2 aromatic heterocycles. The highest BCUT2D eigenvalue weighted by atomic mass is 32.1. The van der Waals surface area contributed by atoms with E-state index >= 15 is 0 Å². The van der Waals surface area contributed by atoms with Crippen molar-refractivity contribution in [3.63, 3.8) is 0 Å². The number of aromatic nitrogens is 2. The van der Waals surface area contributed by atoms with E-state index in [1.54, 1.807) is 23.6 Å². The van der Waals surface area contributed by atoms with Crippen molar-refractivity contribution in [3.05, 3.63) is 52.3 Å². The highest BCUT2D eigenvalue weighted by Gasteiger charge is 2.18. The van der Waals surface area contributed by atoms with Gasteiger partial charge >= 0.3 is 12.4 Å². The average molecular weight is 367 g/mol. The fourth-order valence-electron chi connectivity index (χ4n) is 2.09. The third-order valence-corrected chi connectivity index (χ3v) is 3.97. The van der Waals surface area contributed by atoms with Crippen molar-refractivity contribution in [1.29, 1.82) is 0 Å². The first kappa shape index (κ1) is 16.8. The van der Waals surface area contributed by atoms with Gasteiger partial charge in [0.25, 0.3) is 0 Å². The highest BCUT2D eigenvalue weighted by molar-refractivity contribution is 7.13. The quantitative estimate of drug-likeness (QED) is 0.724. The summed E-state index contributed by atoms with van der Waals surface area (Å²) in [7, 11) is 0. The SMILES string of the molecule is O=C(Cn1c(-c2cccs2)noc1=O)Nc1ccccc1OC(F)F. The normalized spacial score (nSPS) is 10.8. The monoisotopic (exact) mass is 367 g/mol. The van der Waals surface area contributed by atoms with Crippen LogP contribution in [0.3, 0.4) is 0 Å². The number of carbonyl (C=O) groups excluding carboxylic acids is 1. The number of anilines is 1. The van der Waals surface area contributed by atoms with E-state index < -0.39 is 24.8 Å². The number of hydrogen-bond acceptors (Lipinski definition) is 6. The van der Waals surface area contributed by atoms with Gasteiger partial charge in [-0.3, -0.25) is 9.32 Å². The zero-order valence-electron chi connectivity index (χ0n) is 12.5. The molecule has 0 fully saturated rings. The Balaban J connectivity index is 1.79. The number of para-hydroxylation sites is 2. The van der Waals surface area contributed by atoms with Gasteiger partial charge in [-0.2, -0.15) is 8.78 Å². The van der Waals surface area contributed by atoms with Gasteiger partial charge in [0, 0.05) is 0 Å². The van der Waals surface area contributed by atoms with Crippen molar-refractivity contribution in [2.75, 3.05) is 5.32 Å². The van der Waals surface area contributed by atoms with E-state index in [4.69, 9.17) is 0 Å². The fourth-order valence-corrected chi connectivity index (χ4v) is 2.81. The third-order valence-electron chi connectivity index (χ3n) is 3.11. The molecule has 0 saturated heterocycles. The summed E-state index contributed by atoms with van der Waals surface area (Å²) < 4.78 is 34.8. The van der Waals surface area contributed by atoms with Gasteiger partial charge in [0.05, 0.1) is 10.6 Å². The lowest BCUT2D eigenvalue weighted by atomic mass is 10.3. The smallest absolute Gasteiger partial charge is 0.433 e. The molecule has 2 heterocycles. The van der Waals surface area contributed by atoms with Crippen LogP contribution in [0.2, 0.25) is 0 Å². The number of ether oxygens (including phenoxy) is 1. The van der Waals surface area contributed by atoms with Crippen LogP contribution in [-0.2, 0) is 11.3 Å². The molecule has 1 amide bonds. The maximum atomic E-state index is 12.4. The molecule has 3 rings (SSSR count). The molecule has 0 aliphatic heterocycles. The first-order valence-electron chi connectivity index (χ1n) is 6.98. The standard InChI is InChI=1S/C15H11F2N3O4S/c16-14(17)23-10-5-2-1-4-9(10)18-12(21)8-20-13(19-24-15(20)22)11-6-3-7-25-11/h1-7,14H,8H2,(H,18,21). The van der Waals surface area contributed by atoms with Gasteiger partial charge in [-0.25, -0.2) is 9.36 Å². The van der Waals surface area contributed by atoms with Crippen LogP contribution in [0.15, 0.2) is 51.1 Å². The lowest BCUT2D eigenvalue weighted by molar-refractivity contribution is -0.116. The summed E-state index contributed by atoms with van der Waals surface area (Å²) in [5, 5.41) is 7.88. The third kappa shape index (κ3) is 3.91. The summed E-state index contributed by atoms with van der Waals surface area (Å²) in [6.45, 7) is -3.41. The number of alkyl halides is 2. The summed E-state index contributed by atoms with van der Waals surface area (Å²) >= 11 is 1.33. The van der Waals surface area contributed by atoms with E-state index in [2.05, 4.69) is 19.7 Å². The lowest BCUT2D eigenvalue weighted by Gasteiger charge is -2.11. The van der Waals surface area contributed by atoms with Gasteiger partial charge in [0.15, 0.2) is 5.82 Å². The van der Waals surface area contributed by atoms with Crippen LogP contribution >= 0.6 is 11.3 Å². The lowest BCUT2D eigenvalue weighted by Crippen LogP contribution is -2.25. The number of benzene rings is 1. The molecule has 0 saturated carbocycles. The Morgan fingerprint density at radius 2 is 2.12 bits per heavy atom. The second kappa shape index (κ2) is 7.26. The van der Waals surface area contributed by atoms with Crippen LogP contribution in [0, 0.1) is 0 Å². The molecule has 0 radical (unpaired) electrons. The van der Waals surface area contributed by atoms with Crippen molar-refractivity contribution in [1.82, 2.24) is 9.72 Å². The summed E-state index contributed by atoms with van der Waals surface area (Å²) in [5.41, 5.74) is 0.0648. The number of halogens is 2. The molecule has 25 heavy (non-hydrogen) atoms. The van der Waals surface area contributed by atoms with Crippen LogP contribution in [-0.4, -0.2) is 22.2 Å².